The SMILES string of the molecule is COCCNC(=O)c1nc2c3c4c(sc3nc(C)n2n1)C[C@@H](C(C)(C)C)CC4. The summed E-state index contributed by atoms with van der Waals surface area (Å²) in [5.74, 6) is 1.31. The highest BCUT2D eigenvalue weighted by molar-refractivity contribution is 7.19. The molecular weight excluding hydrogens is 374 g/mol. The number of rotatable bonds is 4. The summed E-state index contributed by atoms with van der Waals surface area (Å²) < 4.78 is 6.68. The average Bonchev–Trinajstić information content (AvgIpc) is 3.21. The van der Waals surface area contributed by atoms with Gasteiger partial charge in [0.25, 0.3) is 5.91 Å². The predicted octanol–water partition coefficient (Wildman–Crippen LogP) is 3.17. The second-order valence-electron chi connectivity index (χ2n) is 8.57. The summed E-state index contributed by atoms with van der Waals surface area (Å²) in [5, 5.41) is 8.28. The molecule has 1 aliphatic carbocycles. The van der Waals surface area contributed by atoms with Gasteiger partial charge in [-0.2, -0.15) is 4.52 Å². The van der Waals surface area contributed by atoms with E-state index in [0.717, 1.165) is 34.5 Å². The lowest BCUT2D eigenvalue weighted by molar-refractivity contribution is 0.0927. The molecule has 4 rings (SSSR count). The topological polar surface area (TPSA) is 81.4 Å². The molecule has 0 fully saturated rings. The van der Waals surface area contributed by atoms with Gasteiger partial charge >= 0.3 is 0 Å². The van der Waals surface area contributed by atoms with Crippen molar-refractivity contribution in [1.82, 2.24) is 24.9 Å². The van der Waals surface area contributed by atoms with Crippen molar-refractivity contribution in [1.29, 1.82) is 0 Å². The van der Waals surface area contributed by atoms with Crippen LogP contribution in [-0.4, -0.2) is 45.8 Å². The number of methoxy groups -OCH3 is 1. The molecule has 8 heteroatoms. The Bertz CT molecular complexity index is 1050. The van der Waals surface area contributed by atoms with Crippen LogP contribution in [0, 0.1) is 18.3 Å². The third-order valence-electron chi connectivity index (χ3n) is 5.67. The van der Waals surface area contributed by atoms with Crippen molar-refractivity contribution in [2.75, 3.05) is 20.3 Å². The van der Waals surface area contributed by atoms with Crippen LogP contribution in [0.2, 0.25) is 0 Å². The zero-order chi connectivity index (χ0) is 20.1. The van der Waals surface area contributed by atoms with Gasteiger partial charge in [-0.25, -0.2) is 9.97 Å². The summed E-state index contributed by atoms with van der Waals surface area (Å²) in [5.41, 5.74) is 2.39. The third kappa shape index (κ3) is 3.28. The average molecular weight is 402 g/mol. The van der Waals surface area contributed by atoms with Gasteiger partial charge in [0.2, 0.25) is 5.82 Å². The van der Waals surface area contributed by atoms with Gasteiger partial charge in [-0.05, 0) is 43.1 Å². The molecule has 1 amide bonds. The first-order chi connectivity index (χ1) is 13.3. The normalized spacial score (nSPS) is 17.2. The number of carbonyl (C=O) groups is 1. The largest absolute Gasteiger partial charge is 0.383 e. The molecule has 1 atom stereocenters. The molecule has 7 nitrogen and oxygen atoms in total. The van der Waals surface area contributed by atoms with E-state index in [2.05, 4.69) is 36.2 Å². The van der Waals surface area contributed by atoms with E-state index in [4.69, 9.17) is 9.72 Å². The summed E-state index contributed by atoms with van der Waals surface area (Å²) >= 11 is 1.77. The lowest BCUT2D eigenvalue weighted by atomic mass is 9.72. The van der Waals surface area contributed by atoms with Gasteiger partial charge in [-0.1, -0.05) is 20.8 Å². The number of aromatic nitrogens is 4. The first kappa shape index (κ1) is 19.3. The highest BCUT2D eigenvalue weighted by atomic mass is 32.1. The molecule has 1 aliphatic rings. The molecule has 0 unspecified atom stereocenters. The van der Waals surface area contributed by atoms with Crippen LogP contribution in [0.3, 0.4) is 0 Å². The van der Waals surface area contributed by atoms with Crippen molar-refractivity contribution in [2.45, 2.75) is 47.0 Å². The van der Waals surface area contributed by atoms with Crippen LogP contribution in [0.25, 0.3) is 15.9 Å². The molecule has 0 spiro atoms. The third-order valence-corrected chi connectivity index (χ3v) is 6.82. The number of hydrogen-bond acceptors (Lipinski definition) is 6. The van der Waals surface area contributed by atoms with Crippen LogP contribution in [0.15, 0.2) is 0 Å². The van der Waals surface area contributed by atoms with Gasteiger partial charge in [0, 0.05) is 18.5 Å². The summed E-state index contributed by atoms with van der Waals surface area (Å²) in [4.78, 5) is 24.2. The van der Waals surface area contributed by atoms with E-state index in [-0.39, 0.29) is 11.7 Å². The van der Waals surface area contributed by atoms with Crippen molar-refractivity contribution >= 4 is 33.1 Å². The molecule has 28 heavy (non-hydrogen) atoms. The fraction of sp³-hybridized carbons (Fsp3) is 0.600. The molecule has 3 aromatic heterocycles. The molecule has 150 valence electrons. The van der Waals surface area contributed by atoms with Crippen molar-refractivity contribution in [3.8, 4) is 0 Å². The van der Waals surface area contributed by atoms with Crippen molar-refractivity contribution < 1.29 is 9.53 Å². The van der Waals surface area contributed by atoms with Crippen LogP contribution in [-0.2, 0) is 17.6 Å². The fourth-order valence-corrected chi connectivity index (χ4v) is 5.30. The Morgan fingerprint density at radius 3 is 2.86 bits per heavy atom. The second kappa shape index (κ2) is 7.08. The van der Waals surface area contributed by atoms with E-state index < -0.39 is 0 Å². The van der Waals surface area contributed by atoms with Crippen LogP contribution in [0.1, 0.15) is 54.1 Å². The van der Waals surface area contributed by atoms with Crippen molar-refractivity contribution in [3.63, 3.8) is 0 Å². The Morgan fingerprint density at radius 2 is 2.14 bits per heavy atom. The van der Waals surface area contributed by atoms with Crippen LogP contribution >= 0.6 is 11.3 Å². The molecule has 0 radical (unpaired) electrons. The number of fused-ring (bicyclic) bond motifs is 5. The van der Waals surface area contributed by atoms with E-state index in [0.29, 0.717) is 24.5 Å². The van der Waals surface area contributed by atoms with E-state index >= 15 is 0 Å². The maximum absolute atomic E-state index is 12.4. The van der Waals surface area contributed by atoms with Gasteiger partial charge < -0.3 is 10.1 Å². The molecule has 0 aliphatic heterocycles. The lowest BCUT2D eigenvalue weighted by Gasteiger charge is -2.33. The Balaban J connectivity index is 1.77. The lowest BCUT2D eigenvalue weighted by Crippen LogP contribution is -2.27. The molecule has 0 saturated carbocycles. The predicted molar refractivity (Wildman–Crippen MR) is 110 cm³/mol. The molecule has 1 N–H and O–H groups in total. The number of ether oxygens (including phenoxy) is 1. The van der Waals surface area contributed by atoms with Crippen LogP contribution < -0.4 is 5.32 Å². The standard InChI is InChI=1S/C20H27N5O2S/c1-11-22-19-15(13-7-6-12(20(2,3)4)10-14(13)28-19)17-23-16(24-25(11)17)18(26)21-8-9-27-5/h12H,6-10H2,1-5H3,(H,21,26)/t12-/m0/s1. The van der Waals surface area contributed by atoms with Crippen LogP contribution in [0.4, 0.5) is 0 Å². The highest BCUT2D eigenvalue weighted by Crippen LogP contribution is 2.43. The molecular formula is C20H27N5O2S. The molecule has 3 aromatic rings. The highest BCUT2D eigenvalue weighted by Gasteiger charge is 2.32. The van der Waals surface area contributed by atoms with Gasteiger partial charge in [-0.3, -0.25) is 4.79 Å². The number of nitrogens with zero attached hydrogens (tertiary/aromatic N) is 4. The van der Waals surface area contributed by atoms with Crippen molar-refractivity contribution in [3.05, 3.63) is 22.1 Å². The van der Waals surface area contributed by atoms with Crippen molar-refractivity contribution in [2.24, 2.45) is 11.3 Å². The van der Waals surface area contributed by atoms with E-state index in [1.54, 1.807) is 23.0 Å². The van der Waals surface area contributed by atoms with Crippen LogP contribution in [0.5, 0.6) is 0 Å². The van der Waals surface area contributed by atoms with E-state index in [9.17, 15) is 4.79 Å². The Morgan fingerprint density at radius 1 is 1.36 bits per heavy atom. The second-order valence-corrected chi connectivity index (χ2v) is 9.65. The first-order valence-corrected chi connectivity index (χ1v) is 10.6. The monoisotopic (exact) mass is 401 g/mol. The minimum absolute atomic E-state index is 0.178. The van der Waals surface area contributed by atoms with Gasteiger partial charge in [-0.15, -0.1) is 16.4 Å². The molecule has 3 heterocycles. The summed E-state index contributed by atoms with van der Waals surface area (Å²) in [6, 6.07) is 0. The number of nitrogens with one attached hydrogen (secondary N) is 1. The van der Waals surface area contributed by atoms with E-state index in [1.165, 1.54) is 16.9 Å². The Hall–Kier alpha value is -2.06. The number of amides is 1. The Labute approximate surface area is 168 Å². The minimum atomic E-state index is -0.287. The molecule has 0 bridgehead atoms. The zero-order valence-electron chi connectivity index (χ0n) is 17.1. The number of aryl methyl sites for hydroxylation is 2. The van der Waals surface area contributed by atoms with Gasteiger partial charge in [0.05, 0.1) is 12.0 Å². The van der Waals surface area contributed by atoms with Gasteiger partial charge in [0.1, 0.15) is 10.7 Å². The number of thiophene rings is 1. The first-order valence-electron chi connectivity index (χ1n) is 9.74. The number of hydrogen-bond donors (Lipinski definition) is 1. The summed E-state index contributed by atoms with van der Waals surface area (Å²) in [6.07, 6.45) is 3.28. The summed E-state index contributed by atoms with van der Waals surface area (Å²) in [6.45, 7) is 9.76. The maximum Gasteiger partial charge on any atom is 0.291 e. The minimum Gasteiger partial charge on any atom is -0.383 e. The summed E-state index contributed by atoms with van der Waals surface area (Å²) in [7, 11) is 1.60. The maximum atomic E-state index is 12.4. The van der Waals surface area contributed by atoms with Gasteiger partial charge in [0.15, 0.2) is 5.65 Å². The zero-order valence-corrected chi connectivity index (χ0v) is 17.9. The quantitative estimate of drug-likeness (QED) is 0.679. The fourth-order valence-electron chi connectivity index (χ4n) is 3.96. The van der Waals surface area contributed by atoms with E-state index in [1.807, 2.05) is 6.92 Å². The Kier molecular flexibility index (Phi) is 4.87. The molecule has 0 aromatic carbocycles. The molecule has 0 saturated heterocycles. The smallest absolute Gasteiger partial charge is 0.291 e. The number of carbonyl (C=O) groups excluding carboxylic acids is 1.